The Balaban J connectivity index is 1.63. The largest absolute Gasteiger partial charge is 0.357 e. The lowest BCUT2D eigenvalue weighted by Gasteiger charge is -2.27. The van der Waals surface area contributed by atoms with Crippen molar-refractivity contribution in [1.82, 2.24) is 25.2 Å². The molecular weight excluding hydrogens is 367 g/mol. The number of pyridine rings is 1. The number of halogens is 1. The van der Waals surface area contributed by atoms with Crippen LogP contribution in [0.3, 0.4) is 0 Å². The van der Waals surface area contributed by atoms with Crippen LogP contribution in [0.5, 0.6) is 0 Å². The Morgan fingerprint density at radius 2 is 2.07 bits per heavy atom. The van der Waals surface area contributed by atoms with E-state index in [0.29, 0.717) is 13.1 Å². The van der Waals surface area contributed by atoms with Crippen molar-refractivity contribution in [2.24, 2.45) is 4.99 Å². The quantitative estimate of drug-likeness (QED) is 0.476. The van der Waals surface area contributed by atoms with Crippen LogP contribution in [0, 0.1) is 5.82 Å². The normalized spacial score (nSPS) is 12.1. The van der Waals surface area contributed by atoms with Crippen molar-refractivity contribution in [3.8, 4) is 5.82 Å². The number of aromatic nitrogens is 3. The number of guanidine groups is 1. The minimum atomic E-state index is -0.244. The van der Waals surface area contributed by atoms with Crippen LogP contribution in [-0.2, 0) is 12.0 Å². The summed E-state index contributed by atoms with van der Waals surface area (Å²) >= 11 is 0. The summed E-state index contributed by atoms with van der Waals surface area (Å²) < 4.78 is 15.4. The van der Waals surface area contributed by atoms with Gasteiger partial charge in [0.1, 0.15) is 18.0 Å². The summed E-state index contributed by atoms with van der Waals surface area (Å²) in [6, 6.07) is 10.7. The van der Waals surface area contributed by atoms with Gasteiger partial charge in [0.05, 0.1) is 6.54 Å². The van der Waals surface area contributed by atoms with Crippen molar-refractivity contribution in [2.75, 3.05) is 13.1 Å². The van der Waals surface area contributed by atoms with Crippen molar-refractivity contribution in [1.29, 1.82) is 0 Å². The van der Waals surface area contributed by atoms with Gasteiger partial charge in [-0.05, 0) is 36.2 Å². The molecule has 0 saturated carbocycles. The predicted molar refractivity (Wildman–Crippen MR) is 114 cm³/mol. The molecule has 2 aromatic heterocycles. The first-order chi connectivity index (χ1) is 14.0. The Morgan fingerprint density at radius 3 is 2.72 bits per heavy atom. The number of hydrogen-bond donors (Lipinski definition) is 2. The lowest BCUT2D eigenvalue weighted by Crippen LogP contribution is -2.43. The summed E-state index contributed by atoms with van der Waals surface area (Å²) in [5.41, 5.74) is 1.71. The van der Waals surface area contributed by atoms with Gasteiger partial charge in [-0.1, -0.05) is 32.0 Å². The molecule has 6 nitrogen and oxygen atoms in total. The number of aliphatic imine (C=N–C) groups is 1. The van der Waals surface area contributed by atoms with E-state index in [9.17, 15) is 4.39 Å². The summed E-state index contributed by atoms with van der Waals surface area (Å²) in [7, 11) is 0. The van der Waals surface area contributed by atoms with Crippen LogP contribution in [0.25, 0.3) is 5.82 Å². The third kappa shape index (κ3) is 5.63. The lowest BCUT2D eigenvalue weighted by atomic mass is 9.84. The Morgan fingerprint density at radius 1 is 1.21 bits per heavy atom. The van der Waals surface area contributed by atoms with E-state index in [0.717, 1.165) is 29.4 Å². The number of benzene rings is 1. The minimum Gasteiger partial charge on any atom is -0.357 e. The molecule has 0 fully saturated rings. The summed E-state index contributed by atoms with van der Waals surface area (Å²) in [6.07, 6.45) is 7.11. The Labute approximate surface area is 170 Å². The highest BCUT2D eigenvalue weighted by molar-refractivity contribution is 5.79. The second kappa shape index (κ2) is 9.32. The Hall–Kier alpha value is -3.22. The maximum Gasteiger partial charge on any atom is 0.191 e. The van der Waals surface area contributed by atoms with Crippen molar-refractivity contribution < 1.29 is 4.39 Å². The van der Waals surface area contributed by atoms with E-state index >= 15 is 0 Å². The van der Waals surface area contributed by atoms with Gasteiger partial charge in [-0.2, -0.15) is 0 Å². The second-order valence-electron chi connectivity index (χ2n) is 7.44. The third-order valence-electron chi connectivity index (χ3n) is 4.65. The fourth-order valence-corrected chi connectivity index (χ4v) is 2.89. The average molecular weight is 394 g/mol. The number of nitrogens with one attached hydrogen (secondary N) is 2. The van der Waals surface area contributed by atoms with Gasteiger partial charge in [0.15, 0.2) is 5.96 Å². The summed E-state index contributed by atoms with van der Waals surface area (Å²) in [6.45, 7) is 8.07. The fourth-order valence-electron chi connectivity index (χ4n) is 2.89. The van der Waals surface area contributed by atoms with Gasteiger partial charge in [-0.3, -0.25) is 4.57 Å². The van der Waals surface area contributed by atoms with Crippen LogP contribution in [-0.4, -0.2) is 33.6 Å². The highest BCUT2D eigenvalue weighted by Crippen LogP contribution is 2.22. The molecule has 2 heterocycles. The van der Waals surface area contributed by atoms with Crippen LogP contribution in [0.4, 0.5) is 4.39 Å². The maximum atomic E-state index is 13.6. The molecule has 0 aliphatic rings. The van der Waals surface area contributed by atoms with Crippen molar-refractivity contribution in [2.45, 2.75) is 32.7 Å². The first-order valence-corrected chi connectivity index (χ1v) is 9.69. The van der Waals surface area contributed by atoms with Gasteiger partial charge >= 0.3 is 0 Å². The van der Waals surface area contributed by atoms with Crippen LogP contribution in [0.15, 0.2) is 66.3 Å². The molecule has 0 bridgehead atoms. The van der Waals surface area contributed by atoms with Crippen molar-refractivity contribution in [3.63, 3.8) is 0 Å². The molecule has 0 unspecified atom stereocenters. The van der Waals surface area contributed by atoms with Gasteiger partial charge in [0, 0.05) is 37.1 Å². The predicted octanol–water partition coefficient (Wildman–Crippen LogP) is 3.44. The smallest absolute Gasteiger partial charge is 0.191 e. The van der Waals surface area contributed by atoms with E-state index in [1.165, 1.54) is 6.07 Å². The van der Waals surface area contributed by atoms with Gasteiger partial charge in [-0.15, -0.1) is 0 Å². The second-order valence-corrected chi connectivity index (χ2v) is 7.44. The van der Waals surface area contributed by atoms with E-state index in [-0.39, 0.29) is 11.2 Å². The zero-order valence-electron chi connectivity index (χ0n) is 17.1. The molecule has 0 radical (unpaired) electrons. The summed E-state index contributed by atoms with van der Waals surface area (Å²) in [5.74, 6) is 1.32. The van der Waals surface area contributed by atoms with Crippen molar-refractivity contribution >= 4 is 5.96 Å². The molecule has 3 rings (SSSR count). The summed E-state index contributed by atoms with van der Waals surface area (Å²) in [4.78, 5) is 13.1. The Kier molecular flexibility index (Phi) is 6.59. The number of imidazole rings is 1. The van der Waals surface area contributed by atoms with Crippen LogP contribution in [0.1, 0.15) is 31.9 Å². The maximum absolute atomic E-state index is 13.6. The molecule has 0 aliphatic heterocycles. The van der Waals surface area contributed by atoms with Gasteiger partial charge in [-0.25, -0.2) is 19.4 Å². The molecule has 0 atom stereocenters. The van der Waals surface area contributed by atoms with E-state index in [4.69, 9.17) is 0 Å². The molecule has 29 heavy (non-hydrogen) atoms. The lowest BCUT2D eigenvalue weighted by molar-refractivity contribution is 0.503. The molecular formula is C22H27FN6. The third-order valence-corrected chi connectivity index (χ3v) is 4.65. The SMILES string of the molecule is CCNC(=NCc1ccc(-n2ccnc2)nc1)NCC(C)(C)c1cccc(F)c1. The van der Waals surface area contributed by atoms with Gasteiger partial charge in [0.25, 0.3) is 0 Å². The standard InChI is InChI=1S/C22H27FN6/c1-4-25-21(28-15-22(2,3)18-6-5-7-19(23)12-18)27-14-17-8-9-20(26-13-17)29-11-10-24-16-29/h5-13,16H,4,14-15H2,1-3H3,(H2,25,27,28). The van der Waals surface area contributed by atoms with E-state index in [1.807, 2.05) is 42.1 Å². The van der Waals surface area contributed by atoms with E-state index < -0.39 is 0 Å². The highest BCUT2D eigenvalue weighted by atomic mass is 19.1. The molecule has 2 N–H and O–H groups in total. The first-order valence-electron chi connectivity index (χ1n) is 9.69. The van der Waals surface area contributed by atoms with Crippen molar-refractivity contribution in [3.05, 3.63) is 78.3 Å². The zero-order chi connectivity index (χ0) is 20.7. The fraction of sp³-hybridized carbons (Fsp3) is 0.318. The molecule has 0 amide bonds. The highest BCUT2D eigenvalue weighted by Gasteiger charge is 2.21. The topological polar surface area (TPSA) is 67.1 Å². The first kappa shape index (κ1) is 20.5. The molecule has 3 aromatic rings. The zero-order valence-corrected chi connectivity index (χ0v) is 17.1. The van der Waals surface area contributed by atoms with Crippen LogP contribution in [0.2, 0.25) is 0 Å². The number of rotatable bonds is 7. The molecule has 0 saturated heterocycles. The van der Waals surface area contributed by atoms with Gasteiger partial charge < -0.3 is 10.6 Å². The van der Waals surface area contributed by atoms with Crippen LogP contribution >= 0.6 is 0 Å². The number of hydrogen-bond acceptors (Lipinski definition) is 3. The summed E-state index contributed by atoms with van der Waals surface area (Å²) in [5, 5.41) is 6.62. The molecule has 152 valence electrons. The molecule has 0 spiro atoms. The number of nitrogens with zero attached hydrogens (tertiary/aromatic N) is 4. The average Bonchev–Trinajstić information content (AvgIpc) is 3.25. The minimum absolute atomic E-state index is 0.220. The molecule has 0 aliphatic carbocycles. The molecule has 1 aromatic carbocycles. The molecule has 7 heteroatoms. The van der Waals surface area contributed by atoms with E-state index in [2.05, 4.69) is 39.4 Å². The Bertz CT molecular complexity index is 932. The van der Waals surface area contributed by atoms with Crippen LogP contribution < -0.4 is 10.6 Å². The van der Waals surface area contributed by atoms with E-state index in [1.54, 1.807) is 24.7 Å². The van der Waals surface area contributed by atoms with Gasteiger partial charge in [0.2, 0.25) is 0 Å². The monoisotopic (exact) mass is 394 g/mol.